The number of aromatic nitrogens is 3. The van der Waals surface area contributed by atoms with E-state index in [-0.39, 0.29) is 17.5 Å². The number of carbonyl (C=O) groups is 2. The van der Waals surface area contributed by atoms with Gasteiger partial charge in [0.2, 0.25) is 5.91 Å². The van der Waals surface area contributed by atoms with Gasteiger partial charge in [-0.15, -0.1) is 5.10 Å². The number of aromatic carboxylic acids is 1. The maximum absolute atomic E-state index is 12.1. The Labute approximate surface area is 124 Å². The number of rotatable bonds is 7. The smallest absolute Gasteiger partial charge is 0.358 e. The molecule has 0 radical (unpaired) electrons. The molecule has 1 aromatic rings. The van der Waals surface area contributed by atoms with Gasteiger partial charge < -0.3 is 10.4 Å². The van der Waals surface area contributed by atoms with E-state index in [2.05, 4.69) is 29.5 Å². The van der Waals surface area contributed by atoms with E-state index in [1.165, 1.54) is 4.68 Å². The van der Waals surface area contributed by atoms with Crippen molar-refractivity contribution in [1.82, 2.24) is 20.3 Å². The molecule has 0 fully saturated rings. The van der Waals surface area contributed by atoms with Gasteiger partial charge in [-0.05, 0) is 25.2 Å². The van der Waals surface area contributed by atoms with Crippen LogP contribution in [0.5, 0.6) is 0 Å². The molecule has 21 heavy (non-hydrogen) atoms. The third-order valence-electron chi connectivity index (χ3n) is 3.25. The van der Waals surface area contributed by atoms with Crippen molar-refractivity contribution < 1.29 is 14.7 Å². The molecule has 1 heterocycles. The Bertz CT molecular complexity index is 508. The molecule has 7 nitrogen and oxygen atoms in total. The lowest BCUT2D eigenvalue weighted by Crippen LogP contribution is -2.33. The number of carbonyl (C=O) groups excluding carboxylic acids is 1. The van der Waals surface area contributed by atoms with Crippen molar-refractivity contribution in [2.75, 3.05) is 6.54 Å². The van der Waals surface area contributed by atoms with Crippen LogP contribution in [0.4, 0.5) is 0 Å². The van der Waals surface area contributed by atoms with E-state index in [4.69, 9.17) is 5.11 Å². The zero-order valence-electron chi connectivity index (χ0n) is 13.3. The van der Waals surface area contributed by atoms with Gasteiger partial charge in [0.15, 0.2) is 5.69 Å². The van der Waals surface area contributed by atoms with Gasteiger partial charge in [0.05, 0.1) is 5.69 Å². The maximum Gasteiger partial charge on any atom is 0.358 e. The molecule has 118 valence electrons. The number of hydrogen-bond acceptors (Lipinski definition) is 4. The van der Waals surface area contributed by atoms with Crippen LogP contribution in [0.2, 0.25) is 0 Å². The first-order chi connectivity index (χ1) is 9.75. The fourth-order valence-electron chi connectivity index (χ4n) is 2.02. The Kier molecular flexibility index (Phi) is 5.87. The number of nitrogens with zero attached hydrogens (tertiary/aromatic N) is 3. The van der Waals surface area contributed by atoms with Gasteiger partial charge in [-0.3, -0.25) is 4.79 Å². The SMILES string of the molecule is CC(C)CCNC(=O)C(C)n1nnc(C(=O)O)c1C(C)C. The zero-order chi connectivity index (χ0) is 16.2. The molecule has 0 aliphatic heterocycles. The van der Waals surface area contributed by atoms with Crippen LogP contribution in [-0.4, -0.2) is 38.5 Å². The minimum Gasteiger partial charge on any atom is -0.476 e. The van der Waals surface area contributed by atoms with E-state index in [0.29, 0.717) is 18.2 Å². The first kappa shape index (κ1) is 17.1. The summed E-state index contributed by atoms with van der Waals surface area (Å²) in [5, 5.41) is 19.5. The van der Waals surface area contributed by atoms with Crippen molar-refractivity contribution in [2.45, 2.75) is 53.0 Å². The van der Waals surface area contributed by atoms with Crippen LogP contribution in [0, 0.1) is 5.92 Å². The second-order valence-corrected chi connectivity index (χ2v) is 5.88. The highest BCUT2D eigenvalue weighted by atomic mass is 16.4. The number of amides is 1. The first-order valence-electron chi connectivity index (χ1n) is 7.21. The van der Waals surface area contributed by atoms with E-state index in [1.807, 2.05) is 13.8 Å². The fraction of sp³-hybridized carbons (Fsp3) is 0.714. The average Bonchev–Trinajstić information content (AvgIpc) is 2.81. The van der Waals surface area contributed by atoms with Crippen LogP contribution < -0.4 is 5.32 Å². The highest BCUT2D eigenvalue weighted by Gasteiger charge is 2.26. The van der Waals surface area contributed by atoms with Gasteiger partial charge in [-0.25, -0.2) is 9.48 Å². The molecule has 1 unspecified atom stereocenters. The lowest BCUT2D eigenvalue weighted by Gasteiger charge is -2.17. The minimum absolute atomic E-state index is 0.0861. The molecule has 0 aliphatic carbocycles. The Morgan fingerprint density at radius 2 is 1.86 bits per heavy atom. The molecule has 1 atom stereocenters. The van der Waals surface area contributed by atoms with Gasteiger partial charge in [-0.1, -0.05) is 32.9 Å². The molecule has 0 spiro atoms. The van der Waals surface area contributed by atoms with Crippen LogP contribution in [0.3, 0.4) is 0 Å². The van der Waals surface area contributed by atoms with Crippen LogP contribution in [0.1, 0.15) is 69.2 Å². The first-order valence-corrected chi connectivity index (χ1v) is 7.21. The summed E-state index contributed by atoms with van der Waals surface area (Å²) in [6.45, 7) is 10.2. The Morgan fingerprint density at radius 3 is 2.33 bits per heavy atom. The molecule has 0 aromatic carbocycles. The van der Waals surface area contributed by atoms with E-state index in [0.717, 1.165) is 6.42 Å². The molecule has 1 aromatic heterocycles. The molecule has 2 N–H and O–H groups in total. The maximum atomic E-state index is 12.1. The number of carboxylic acid groups (broad SMARTS) is 1. The Hall–Kier alpha value is -1.92. The van der Waals surface area contributed by atoms with Gasteiger partial charge in [0, 0.05) is 6.54 Å². The summed E-state index contributed by atoms with van der Waals surface area (Å²) in [6.07, 6.45) is 0.896. The topological polar surface area (TPSA) is 97.1 Å². The predicted octanol–water partition coefficient (Wildman–Crippen LogP) is 1.82. The molecular formula is C14H24N4O3. The molecule has 0 saturated heterocycles. The van der Waals surface area contributed by atoms with Crippen molar-refractivity contribution in [2.24, 2.45) is 5.92 Å². The van der Waals surface area contributed by atoms with Gasteiger partial charge in [-0.2, -0.15) is 0 Å². The standard InChI is InChI=1S/C14H24N4O3/c1-8(2)6-7-15-13(19)10(5)18-12(9(3)4)11(14(20)21)16-17-18/h8-10H,6-7H2,1-5H3,(H,15,19)(H,20,21). The van der Waals surface area contributed by atoms with Crippen LogP contribution in [0.15, 0.2) is 0 Å². The third-order valence-corrected chi connectivity index (χ3v) is 3.25. The summed E-state index contributed by atoms with van der Waals surface area (Å²) in [5.41, 5.74) is 0.376. The quantitative estimate of drug-likeness (QED) is 0.800. The molecule has 1 rings (SSSR count). The number of nitrogens with one attached hydrogen (secondary N) is 1. The zero-order valence-corrected chi connectivity index (χ0v) is 13.3. The molecular weight excluding hydrogens is 272 g/mol. The van der Waals surface area contributed by atoms with Crippen LogP contribution in [0.25, 0.3) is 0 Å². The molecule has 0 saturated carbocycles. The lowest BCUT2D eigenvalue weighted by molar-refractivity contribution is -0.124. The summed E-state index contributed by atoms with van der Waals surface area (Å²) in [6, 6.07) is -0.588. The highest BCUT2D eigenvalue weighted by molar-refractivity contribution is 5.87. The van der Waals surface area contributed by atoms with Crippen LogP contribution >= 0.6 is 0 Å². The van der Waals surface area contributed by atoms with Gasteiger partial charge >= 0.3 is 5.97 Å². The summed E-state index contributed by atoms with van der Waals surface area (Å²) in [5.74, 6) is -0.884. The predicted molar refractivity (Wildman–Crippen MR) is 78.2 cm³/mol. The van der Waals surface area contributed by atoms with E-state index in [9.17, 15) is 9.59 Å². The largest absolute Gasteiger partial charge is 0.476 e. The minimum atomic E-state index is -1.13. The Balaban J connectivity index is 2.89. The fourth-order valence-corrected chi connectivity index (χ4v) is 2.02. The van der Waals surface area contributed by atoms with Crippen molar-refractivity contribution in [3.05, 3.63) is 11.4 Å². The summed E-state index contributed by atoms with van der Waals surface area (Å²) >= 11 is 0. The normalized spacial score (nSPS) is 12.7. The van der Waals surface area contributed by atoms with Crippen LogP contribution in [-0.2, 0) is 4.79 Å². The Morgan fingerprint density at radius 1 is 1.24 bits per heavy atom. The van der Waals surface area contributed by atoms with E-state index in [1.54, 1.807) is 6.92 Å². The second-order valence-electron chi connectivity index (χ2n) is 5.88. The summed E-state index contributed by atoms with van der Waals surface area (Å²) in [4.78, 5) is 23.3. The monoisotopic (exact) mass is 296 g/mol. The number of hydrogen-bond donors (Lipinski definition) is 2. The van der Waals surface area contributed by atoms with E-state index < -0.39 is 12.0 Å². The van der Waals surface area contributed by atoms with Crippen molar-refractivity contribution in [3.63, 3.8) is 0 Å². The molecule has 0 aliphatic rings. The molecule has 7 heteroatoms. The van der Waals surface area contributed by atoms with Gasteiger partial charge in [0.1, 0.15) is 6.04 Å². The number of carboxylic acids is 1. The molecule has 1 amide bonds. The van der Waals surface area contributed by atoms with E-state index >= 15 is 0 Å². The average molecular weight is 296 g/mol. The second kappa shape index (κ2) is 7.19. The summed E-state index contributed by atoms with van der Waals surface area (Å²) < 4.78 is 1.40. The lowest BCUT2D eigenvalue weighted by atomic mass is 10.1. The van der Waals surface area contributed by atoms with Crippen molar-refractivity contribution in [1.29, 1.82) is 0 Å². The third kappa shape index (κ3) is 4.27. The summed E-state index contributed by atoms with van der Waals surface area (Å²) in [7, 11) is 0. The van der Waals surface area contributed by atoms with Gasteiger partial charge in [0.25, 0.3) is 0 Å². The highest BCUT2D eigenvalue weighted by Crippen LogP contribution is 2.21. The molecule has 0 bridgehead atoms. The van der Waals surface area contributed by atoms with Crippen molar-refractivity contribution in [3.8, 4) is 0 Å². The van der Waals surface area contributed by atoms with Crippen molar-refractivity contribution >= 4 is 11.9 Å².